The fourth-order valence-corrected chi connectivity index (χ4v) is 2.03. The number of hydrogen-bond donors (Lipinski definition) is 1. The van der Waals surface area contributed by atoms with Crippen LogP contribution >= 0.6 is 27.7 Å². The van der Waals surface area contributed by atoms with E-state index in [1.807, 2.05) is 0 Å². The van der Waals surface area contributed by atoms with Crippen LogP contribution in [-0.4, -0.2) is 17.3 Å². The van der Waals surface area contributed by atoms with Gasteiger partial charge < -0.3 is 5.11 Å². The summed E-state index contributed by atoms with van der Waals surface area (Å²) in [6, 6.07) is 2.76. The minimum Gasteiger partial charge on any atom is -0.478 e. The number of carbonyl (C=O) groups is 1. The summed E-state index contributed by atoms with van der Waals surface area (Å²) in [5, 5.41) is 8.72. The van der Waals surface area contributed by atoms with Gasteiger partial charge in [-0.25, -0.2) is 9.18 Å². The molecule has 2 nitrogen and oxygen atoms in total. The van der Waals surface area contributed by atoms with Gasteiger partial charge in [-0.2, -0.15) is 0 Å². The highest BCUT2D eigenvalue weighted by Crippen LogP contribution is 2.29. The van der Waals surface area contributed by atoms with Crippen LogP contribution in [0, 0.1) is 5.82 Å². The van der Waals surface area contributed by atoms with Gasteiger partial charge in [0.1, 0.15) is 0 Å². The largest absolute Gasteiger partial charge is 0.478 e. The predicted octanol–water partition coefficient (Wildman–Crippen LogP) is 3.01. The summed E-state index contributed by atoms with van der Waals surface area (Å²) in [6.45, 7) is 0. The molecule has 0 aliphatic heterocycles. The second kappa shape index (κ2) is 4.11. The molecule has 70 valence electrons. The minimum atomic E-state index is -1.12. The Labute approximate surface area is 87.3 Å². The fourth-order valence-electron chi connectivity index (χ4n) is 0.900. The molecule has 1 aromatic carbocycles. The van der Waals surface area contributed by atoms with Crippen molar-refractivity contribution in [2.75, 3.05) is 6.26 Å². The number of carboxylic acid groups (broad SMARTS) is 1. The maximum Gasteiger partial charge on any atom is 0.336 e. The molecule has 0 saturated carbocycles. The number of halogens is 2. The monoisotopic (exact) mass is 264 g/mol. The lowest BCUT2D eigenvalue weighted by Gasteiger charge is -2.05. The summed E-state index contributed by atoms with van der Waals surface area (Å²) >= 11 is 4.07. The second-order valence-electron chi connectivity index (χ2n) is 2.25. The van der Waals surface area contributed by atoms with Gasteiger partial charge in [-0.3, -0.25) is 0 Å². The number of carboxylic acids is 1. The SMILES string of the molecule is CSc1c(C(=O)O)ccc(Br)c1F. The summed E-state index contributed by atoms with van der Waals surface area (Å²) in [5.41, 5.74) is -0.00630. The van der Waals surface area contributed by atoms with E-state index in [4.69, 9.17) is 5.11 Å². The Hall–Kier alpha value is -0.550. The van der Waals surface area contributed by atoms with Crippen LogP contribution in [0.4, 0.5) is 4.39 Å². The lowest BCUT2D eigenvalue weighted by atomic mass is 10.2. The maximum absolute atomic E-state index is 13.3. The highest BCUT2D eigenvalue weighted by Gasteiger charge is 2.15. The van der Waals surface area contributed by atoms with Gasteiger partial charge in [0.15, 0.2) is 5.82 Å². The third-order valence-corrected chi connectivity index (χ3v) is 2.90. The van der Waals surface area contributed by atoms with Gasteiger partial charge in [0.2, 0.25) is 0 Å². The zero-order valence-corrected chi connectivity index (χ0v) is 9.08. The molecular weight excluding hydrogens is 259 g/mol. The lowest BCUT2D eigenvalue weighted by molar-refractivity contribution is 0.0692. The van der Waals surface area contributed by atoms with E-state index in [2.05, 4.69) is 15.9 Å². The van der Waals surface area contributed by atoms with Crippen LogP contribution in [0.5, 0.6) is 0 Å². The summed E-state index contributed by atoms with van der Waals surface area (Å²) in [5.74, 6) is -1.64. The lowest BCUT2D eigenvalue weighted by Crippen LogP contribution is -2.00. The molecule has 0 aromatic heterocycles. The highest BCUT2D eigenvalue weighted by atomic mass is 79.9. The Morgan fingerprint density at radius 2 is 2.23 bits per heavy atom. The molecule has 0 unspecified atom stereocenters. The molecule has 0 atom stereocenters. The van der Waals surface area contributed by atoms with Crippen molar-refractivity contribution in [1.29, 1.82) is 0 Å². The minimum absolute atomic E-state index is 0.00630. The van der Waals surface area contributed by atoms with Crippen LogP contribution in [0.1, 0.15) is 10.4 Å². The molecule has 0 saturated heterocycles. The Kier molecular flexibility index (Phi) is 3.33. The van der Waals surface area contributed by atoms with E-state index >= 15 is 0 Å². The van der Waals surface area contributed by atoms with Gasteiger partial charge in [0.25, 0.3) is 0 Å². The molecule has 5 heteroatoms. The molecule has 1 rings (SSSR count). The Morgan fingerprint density at radius 3 is 2.69 bits per heavy atom. The number of aromatic carboxylic acids is 1. The molecule has 0 radical (unpaired) electrons. The molecule has 0 amide bonds. The Morgan fingerprint density at radius 1 is 1.62 bits per heavy atom. The average molecular weight is 265 g/mol. The molecule has 1 aromatic rings. The molecule has 0 fully saturated rings. The van der Waals surface area contributed by atoms with E-state index in [0.717, 1.165) is 11.8 Å². The first-order valence-corrected chi connectivity index (χ1v) is 5.35. The van der Waals surface area contributed by atoms with Gasteiger partial charge in [-0.1, -0.05) is 0 Å². The molecule has 0 bridgehead atoms. The zero-order valence-electron chi connectivity index (χ0n) is 6.67. The quantitative estimate of drug-likeness (QED) is 0.835. The third-order valence-electron chi connectivity index (χ3n) is 1.48. The molecule has 0 aliphatic carbocycles. The molecule has 0 spiro atoms. The first-order valence-electron chi connectivity index (χ1n) is 3.33. The van der Waals surface area contributed by atoms with Gasteiger partial charge in [0.05, 0.1) is 14.9 Å². The normalized spacial score (nSPS) is 10.1. The van der Waals surface area contributed by atoms with Crippen LogP contribution in [0.15, 0.2) is 21.5 Å². The molecule has 13 heavy (non-hydrogen) atoms. The molecule has 0 aliphatic rings. The van der Waals surface area contributed by atoms with Crippen molar-refractivity contribution in [3.8, 4) is 0 Å². The van der Waals surface area contributed by atoms with Gasteiger partial charge in [-0.15, -0.1) is 11.8 Å². The van der Waals surface area contributed by atoms with Gasteiger partial charge in [-0.05, 0) is 34.3 Å². The number of hydrogen-bond acceptors (Lipinski definition) is 2. The van der Waals surface area contributed by atoms with Crippen molar-refractivity contribution in [2.45, 2.75) is 4.90 Å². The summed E-state index contributed by atoms with van der Waals surface area (Å²) in [7, 11) is 0. The number of thioether (sulfide) groups is 1. The first kappa shape index (κ1) is 10.5. The summed E-state index contributed by atoms with van der Waals surface area (Å²) < 4.78 is 13.6. The summed E-state index contributed by atoms with van der Waals surface area (Å²) in [6.07, 6.45) is 1.64. The summed E-state index contributed by atoms with van der Waals surface area (Å²) in [4.78, 5) is 10.8. The van der Waals surface area contributed by atoms with E-state index < -0.39 is 11.8 Å². The smallest absolute Gasteiger partial charge is 0.336 e. The van der Waals surface area contributed by atoms with Crippen molar-refractivity contribution in [1.82, 2.24) is 0 Å². The van der Waals surface area contributed by atoms with E-state index in [1.165, 1.54) is 12.1 Å². The van der Waals surface area contributed by atoms with E-state index in [9.17, 15) is 9.18 Å². The van der Waals surface area contributed by atoms with Gasteiger partial charge >= 0.3 is 5.97 Å². The van der Waals surface area contributed by atoms with E-state index in [0.29, 0.717) is 0 Å². The van der Waals surface area contributed by atoms with Crippen LogP contribution in [0.2, 0.25) is 0 Å². The van der Waals surface area contributed by atoms with Crippen molar-refractivity contribution in [3.63, 3.8) is 0 Å². The predicted molar refractivity (Wildman–Crippen MR) is 52.8 cm³/mol. The topological polar surface area (TPSA) is 37.3 Å². The van der Waals surface area contributed by atoms with Crippen LogP contribution in [0.3, 0.4) is 0 Å². The van der Waals surface area contributed by atoms with Crippen molar-refractivity contribution in [3.05, 3.63) is 28.0 Å². The Balaban J connectivity index is 3.38. The van der Waals surface area contributed by atoms with Crippen LogP contribution in [0.25, 0.3) is 0 Å². The first-order chi connectivity index (χ1) is 6.07. The highest BCUT2D eigenvalue weighted by molar-refractivity contribution is 9.10. The third kappa shape index (κ3) is 2.03. The molecule has 1 N–H and O–H groups in total. The number of rotatable bonds is 2. The van der Waals surface area contributed by atoms with Crippen LogP contribution < -0.4 is 0 Å². The van der Waals surface area contributed by atoms with Crippen molar-refractivity contribution in [2.24, 2.45) is 0 Å². The average Bonchev–Trinajstić information content (AvgIpc) is 2.09. The standard InChI is InChI=1S/C8H6BrFO2S/c1-13-7-4(8(11)12)2-3-5(9)6(7)10/h2-3H,1H3,(H,11,12). The molecule has 0 heterocycles. The van der Waals surface area contributed by atoms with E-state index in [1.54, 1.807) is 6.26 Å². The van der Waals surface area contributed by atoms with Crippen molar-refractivity contribution >= 4 is 33.7 Å². The maximum atomic E-state index is 13.3. The number of benzene rings is 1. The van der Waals surface area contributed by atoms with Gasteiger partial charge in [0, 0.05) is 0 Å². The fraction of sp³-hybridized carbons (Fsp3) is 0.125. The van der Waals surface area contributed by atoms with Crippen LogP contribution in [-0.2, 0) is 0 Å². The molecular formula is C8H6BrFO2S. The van der Waals surface area contributed by atoms with Crippen molar-refractivity contribution < 1.29 is 14.3 Å². The second-order valence-corrected chi connectivity index (χ2v) is 3.92. The van der Waals surface area contributed by atoms with E-state index in [-0.39, 0.29) is 14.9 Å². The zero-order chi connectivity index (χ0) is 10.0. The Bertz CT molecular complexity index is 354.